The Hall–Kier alpha value is -6.36. The van der Waals surface area contributed by atoms with Crippen molar-refractivity contribution in [2.24, 2.45) is 0 Å². The molecule has 0 saturated heterocycles. The maximum absolute atomic E-state index is 2.70. The number of hydrogen-bond acceptors (Lipinski definition) is 3. The highest BCUT2D eigenvalue weighted by Gasteiger charge is 2.49. The van der Waals surface area contributed by atoms with Gasteiger partial charge < -0.3 is 9.80 Å². The summed E-state index contributed by atoms with van der Waals surface area (Å²) in [5.41, 5.74) is 25.5. The zero-order chi connectivity index (χ0) is 50.0. The van der Waals surface area contributed by atoms with Gasteiger partial charge in [0.25, 0.3) is 6.71 Å². The third-order valence-corrected chi connectivity index (χ3v) is 18.8. The molecule has 0 N–H and O–H groups in total. The number of rotatable bonds is 4. The van der Waals surface area contributed by atoms with Gasteiger partial charge in [-0.15, -0.1) is 11.3 Å². The summed E-state index contributed by atoms with van der Waals surface area (Å²) in [6.45, 7) is 29.1. The number of aryl methyl sites for hydroxylation is 1. The van der Waals surface area contributed by atoms with Crippen molar-refractivity contribution < 1.29 is 0 Å². The Kier molecular flexibility index (Phi) is 9.70. The molecule has 2 aliphatic heterocycles. The minimum atomic E-state index is -0.0251. The molecule has 13 rings (SSSR count). The molecule has 4 aliphatic rings. The molecule has 0 radical (unpaired) electrons. The van der Waals surface area contributed by atoms with Gasteiger partial charge in [0.05, 0.1) is 5.69 Å². The van der Waals surface area contributed by atoms with Crippen molar-refractivity contribution in [3.63, 3.8) is 0 Å². The van der Waals surface area contributed by atoms with E-state index in [-0.39, 0.29) is 33.8 Å². The molecular formula is C68H67BN2S. The predicted octanol–water partition coefficient (Wildman–Crippen LogP) is 17.4. The molecule has 1 aromatic heterocycles. The zero-order valence-electron chi connectivity index (χ0n) is 44.4. The number of hydrogen-bond donors (Lipinski definition) is 0. The van der Waals surface area contributed by atoms with Gasteiger partial charge in [0, 0.05) is 54.2 Å². The Morgan fingerprint density at radius 2 is 1.11 bits per heavy atom. The first-order valence-electron chi connectivity index (χ1n) is 26.5. The van der Waals surface area contributed by atoms with Crippen LogP contribution in [0.2, 0.25) is 0 Å². The standard InChI is InChI=1S/C68H67BN2S/c1-41-33-58-63-59(34-41)71(55-30-26-44(64(2,3)4)36-48(55)42-19-14-13-15-20-42)56-29-25-43(46-22-18-24-61-62(46)47-21-16-17-23-60(47)72-61)35-53(56)69(63)54-38-51-52(68(11,12)40-67(51,9)10)39-57(54)70(58)45-27-28-49-50(37-45)66(7,8)32-31-65(49,5)6/h13-30,33-39H,31-32,40H2,1-12H3. The molecule has 8 aromatic carbocycles. The van der Waals surface area contributed by atoms with Crippen molar-refractivity contribution in [3.05, 3.63) is 185 Å². The molecule has 2 nitrogen and oxygen atoms in total. The minimum Gasteiger partial charge on any atom is -0.311 e. The van der Waals surface area contributed by atoms with Gasteiger partial charge in [-0.1, -0.05) is 167 Å². The summed E-state index contributed by atoms with van der Waals surface area (Å²) in [4.78, 5) is 5.35. The molecule has 0 fully saturated rings. The van der Waals surface area contributed by atoms with E-state index in [2.05, 4.69) is 245 Å². The normalized spacial score (nSPS) is 17.6. The number of fused-ring (bicyclic) bond motifs is 9. The van der Waals surface area contributed by atoms with Crippen LogP contribution in [0.3, 0.4) is 0 Å². The van der Waals surface area contributed by atoms with Gasteiger partial charge in [-0.3, -0.25) is 0 Å². The van der Waals surface area contributed by atoms with Crippen molar-refractivity contribution in [1.29, 1.82) is 0 Å². The van der Waals surface area contributed by atoms with Crippen LogP contribution in [0, 0.1) is 6.92 Å². The van der Waals surface area contributed by atoms with Gasteiger partial charge in [0.1, 0.15) is 0 Å². The highest BCUT2D eigenvalue weighted by atomic mass is 32.1. The number of thiophene rings is 1. The van der Waals surface area contributed by atoms with E-state index >= 15 is 0 Å². The first-order valence-corrected chi connectivity index (χ1v) is 27.4. The molecule has 0 spiro atoms. The van der Waals surface area contributed by atoms with E-state index in [9.17, 15) is 0 Å². The van der Waals surface area contributed by atoms with Gasteiger partial charge in [-0.25, -0.2) is 0 Å². The lowest BCUT2D eigenvalue weighted by molar-refractivity contribution is 0.332. The van der Waals surface area contributed by atoms with Crippen LogP contribution in [0.4, 0.5) is 34.1 Å². The molecule has 4 heteroatoms. The molecular weight excluding hydrogens is 888 g/mol. The predicted molar refractivity (Wildman–Crippen MR) is 314 cm³/mol. The summed E-state index contributed by atoms with van der Waals surface area (Å²) in [6.07, 6.45) is 3.48. The van der Waals surface area contributed by atoms with Crippen molar-refractivity contribution in [1.82, 2.24) is 0 Å². The van der Waals surface area contributed by atoms with Crippen LogP contribution in [0.15, 0.2) is 152 Å². The molecule has 0 saturated carbocycles. The van der Waals surface area contributed by atoms with Crippen LogP contribution in [0.25, 0.3) is 42.4 Å². The van der Waals surface area contributed by atoms with Gasteiger partial charge in [-0.2, -0.15) is 0 Å². The SMILES string of the molecule is Cc1cc2c3c(c1)N(c1ccc(C(C)(C)C)cc1-c1ccccc1)c1ccc(-c4cccc5sc6ccccc6c45)cc1B3c1cc3c(cc1N2c1ccc2c(c1)C(C)(C)CCC2(C)C)C(C)(C)CC3(C)C. The lowest BCUT2D eigenvalue weighted by atomic mass is 9.33. The maximum Gasteiger partial charge on any atom is 0.252 e. The number of anilines is 6. The average Bonchev–Trinajstić information content (AvgIpc) is 3.81. The van der Waals surface area contributed by atoms with Gasteiger partial charge >= 0.3 is 0 Å². The summed E-state index contributed by atoms with van der Waals surface area (Å²) in [6, 6.07) is 59.6. The third kappa shape index (κ3) is 6.73. The van der Waals surface area contributed by atoms with Crippen molar-refractivity contribution in [3.8, 4) is 22.3 Å². The summed E-state index contributed by atoms with van der Waals surface area (Å²) in [7, 11) is 0. The molecule has 72 heavy (non-hydrogen) atoms. The molecule has 0 amide bonds. The molecule has 358 valence electrons. The first-order chi connectivity index (χ1) is 34.2. The molecule has 9 aromatic rings. The van der Waals surface area contributed by atoms with Crippen LogP contribution >= 0.6 is 11.3 Å². The smallest absolute Gasteiger partial charge is 0.252 e. The fraction of sp³-hybridized carbons (Fsp3) is 0.294. The second kappa shape index (κ2) is 15.3. The highest BCUT2D eigenvalue weighted by molar-refractivity contribution is 7.26. The van der Waals surface area contributed by atoms with Crippen molar-refractivity contribution in [2.45, 2.75) is 129 Å². The quantitative estimate of drug-likeness (QED) is 0.162. The Morgan fingerprint density at radius 3 is 1.86 bits per heavy atom. The minimum absolute atomic E-state index is 0.0155. The molecule has 2 aliphatic carbocycles. The summed E-state index contributed by atoms with van der Waals surface area (Å²) < 4.78 is 2.67. The average molecular weight is 955 g/mol. The van der Waals surface area contributed by atoms with E-state index in [1.165, 1.54) is 139 Å². The van der Waals surface area contributed by atoms with E-state index in [4.69, 9.17) is 0 Å². The molecule has 3 heterocycles. The zero-order valence-corrected chi connectivity index (χ0v) is 45.3. The van der Waals surface area contributed by atoms with E-state index in [0.717, 1.165) is 6.42 Å². The Labute approximate surface area is 432 Å². The van der Waals surface area contributed by atoms with Gasteiger partial charge in [0.15, 0.2) is 0 Å². The first kappa shape index (κ1) is 45.5. The fourth-order valence-electron chi connectivity index (χ4n) is 14.1. The van der Waals surface area contributed by atoms with E-state index < -0.39 is 0 Å². The van der Waals surface area contributed by atoms with E-state index in [1.807, 2.05) is 11.3 Å². The van der Waals surface area contributed by atoms with E-state index in [1.54, 1.807) is 0 Å². The van der Waals surface area contributed by atoms with Crippen LogP contribution < -0.4 is 26.2 Å². The lowest BCUT2D eigenvalue weighted by Gasteiger charge is -2.46. The largest absolute Gasteiger partial charge is 0.311 e. The summed E-state index contributed by atoms with van der Waals surface area (Å²) in [5, 5.41) is 2.68. The highest BCUT2D eigenvalue weighted by Crippen LogP contribution is 2.55. The maximum atomic E-state index is 2.70. The third-order valence-electron chi connectivity index (χ3n) is 17.7. The second-order valence-electron chi connectivity index (χ2n) is 25.6. The second-order valence-corrected chi connectivity index (χ2v) is 26.7. The van der Waals surface area contributed by atoms with Crippen LogP contribution in [-0.4, -0.2) is 6.71 Å². The molecule has 0 atom stereocenters. The Balaban J connectivity index is 1.15. The summed E-state index contributed by atoms with van der Waals surface area (Å²) in [5.74, 6) is 0. The Bertz CT molecular complexity index is 3750. The lowest BCUT2D eigenvalue weighted by Crippen LogP contribution is -2.61. The van der Waals surface area contributed by atoms with Crippen LogP contribution in [-0.2, 0) is 27.1 Å². The van der Waals surface area contributed by atoms with Crippen LogP contribution in [0.5, 0.6) is 0 Å². The number of benzene rings is 8. The van der Waals surface area contributed by atoms with Crippen LogP contribution in [0.1, 0.15) is 129 Å². The van der Waals surface area contributed by atoms with Gasteiger partial charge in [0.2, 0.25) is 0 Å². The van der Waals surface area contributed by atoms with Crippen molar-refractivity contribution >= 4 is 88.7 Å². The van der Waals surface area contributed by atoms with E-state index in [0.29, 0.717) is 0 Å². The molecule has 0 unspecified atom stereocenters. The topological polar surface area (TPSA) is 6.48 Å². The van der Waals surface area contributed by atoms with Crippen molar-refractivity contribution in [2.75, 3.05) is 9.80 Å². The fourth-order valence-corrected chi connectivity index (χ4v) is 15.2. The Morgan fingerprint density at radius 1 is 0.472 bits per heavy atom. The number of nitrogens with zero attached hydrogens (tertiary/aromatic N) is 2. The monoisotopic (exact) mass is 955 g/mol. The van der Waals surface area contributed by atoms with Gasteiger partial charge in [-0.05, 0) is 180 Å². The molecule has 0 bridgehead atoms. The summed E-state index contributed by atoms with van der Waals surface area (Å²) >= 11 is 1.90.